The molecule has 0 aliphatic carbocycles. The second kappa shape index (κ2) is 6.92. The van der Waals surface area contributed by atoms with Crippen LogP contribution in [0.15, 0.2) is 12.1 Å². The van der Waals surface area contributed by atoms with E-state index >= 15 is 0 Å². The number of ether oxygens (including phenoxy) is 1. The lowest BCUT2D eigenvalue weighted by atomic mass is 9.83. The minimum Gasteiger partial charge on any atom is -0.496 e. The highest BCUT2D eigenvalue weighted by Crippen LogP contribution is 2.32. The van der Waals surface area contributed by atoms with E-state index in [1.165, 1.54) is 16.7 Å². The number of hydrogen-bond acceptors (Lipinski definition) is 3. The minimum absolute atomic E-state index is 0.285. The Kier molecular flexibility index (Phi) is 5.83. The van der Waals surface area contributed by atoms with Gasteiger partial charge in [-0.1, -0.05) is 26.0 Å². The number of methoxy groups -OCH3 is 1. The molecule has 1 rings (SSSR count). The zero-order valence-corrected chi connectivity index (χ0v) is 13.1. The molecule has 0 aliphatic rings. The van der Waals surface area contributed by atoms with Crippen molar-refractivity contribution in [3.63, 3.8) is 0 Å². The third-order valence-electron chi connectivity index (χ3n) is 3.91. The summed E-state index contributed by atoms with van der Waals surface area (Å²) in [6, 6.07) is 4.70. The molecule has 0 amide bonds. The topological polar surface area (TPSA) is 47.3 Å². The Labute approximate surface area is 117 Å². The number of benzene rings is 1. The largest absolute Gasteiger partial charge is 0.496 e. The molecule has 0 saturated heterocycles. The van der Waals surface area contributed by atoms with E-state index in [-0.39, 0.29) is 6.04 Å². The summed E-state index contributed by atoms with van der Waals surface area (Å²) in [7, 11) is 3.73. The maximum atomic E-state index is 5.95. The van der Waals surface area contributed by atoms with Crippen LogP contribution in [0, 0.1) is 25.7 Å². The zero-order chi connectivity index (χ0) is 14.6. The van der Waals surface area contributed by atoms with Gasteiger partial charge in [0.05, 0.1) is 7.11 Å². The smallest absolute Gasteiger partial charge is 0.124 e. The highest BCUT2D eigenvalue weighted by atomic mass is 16.5. The summed E-state index contributed by atoms with van der Waals surface area (Å²) in [5.74, 6) is 1.95. The van der Waals surface area contributed by atoms with Crippen LogP contribution in [0.4, 0.5) is 0 Å². The summed E-state index contributed by atoms with van der Waals surface area (Å²) < 4.78 is 5.43. The fourth-order valence-electron chi connectivity index (χ4n) is 2.91. The van der Waals surface area contributed by atoms with E-state index in [2.05, 4.69) is 45.1 Å². The van der Waals surface area contributed by atoms with Crippen molar-refractivity contribution in [1.29, 1.82) is 0 Å². The molecule has 2 atom stereocenters. The van der Waals surface area contributed by atoms with Gasteiger partial charge in [-0.05, 0) is 56.0 Å². The van der Waals surface area contributed by atoms with Crippen molar-refractivity contribution in [1.82, 2.24) is 5.32 Å². The molecule has 0 spiro atoms. The number of nitrogens with one attached hydrogen (secondary N) is 1. The monoisotopic (exact) mass is 264 g/mol. The van der Waals surface area contributed by atoms with Crippen LogP contribution in [0.5, 0.6) is 5.75 Å². The van der Waals surface area contributed by atoms with Gasteiger partial charge in [-0.3, -0.25) is 0 Å². The first-order valence-electron chi connectivity index (χ1n) is 6.98. The van der Waals surface area contributed by atoms with Gasteiger partial charge in [0.1, 0.15) is 5.75 Å². The maximum Gasteiger partial charge on any atom is 0.124 e. The highest BCUT2D eigenvalue weighted by Gasteiger charge is 2.24. The van der Waals surface area contributed by atoms with Crippen molar-refractivity contribution in [3.8, 4) is 5.75 Å². The average Bonchev–Trinajstić information content (AvgIpc) is 2.34. The van der Waals surface area contributed by atoms with Crippen molar-refractivity contribution in [2.24, 2.45) is 17.6 Å². The van der Waals surface area contributed by atoms with Gasteiger partial charge >= 0.3 is 0 Å². The molecule has 3 N–H and O–H groups in total. The first-order valence-corrected chi connectivity index (χ1v) is 6.98. The van der Waals surface area contributed by atoms with Crippen molar-refractivity contribution in [3.05, 3.63) is 28.8 Å². The van der Waals surface area contributed by atoms with Gasteiger partial charge in [0.2, 0.25) is 0 Å². The Balaban J connectivity index is 3.19. The summed E-state index contributed by atoms with van der Waals surface area (Å²) in [6.07, 6.45) is 0. The van der Waals surface area contributed by atoms with Gasteiger partial charge in [-0.15, -0.1) is 0 Å². The van der Waals surface area contributed by atoms with Crippen LogP contribution in [0.2, 0.25) is 0 Å². The maximum absolute atomic E-state index is 5.95. The second-order valence-electron chi connectivity index (χ2n) is 5.60. The van der Waals surface area contributed by atoms with Crippen LogP contribution < -0.4 is 15.8 Å². The predicted molar refractivity (Wildman–Crippen MR) is 81.7 cm³/mol. The molecular formula is C16H28N2O. The quantitative estimate of drug-likeness (QED) is 0.830. The predicted octanol–water partition coefficient (Wildman–Crippen LogP) is 2.80. The molecule has 2 unspecified atom stereocenters. The van der Waals surface area contributed by atoms with Crippen molar-refractivity contribution < 1.29 is 4.74 Å². The van der Waals surface area contributed by atoms with E-state index in [4.69, 9.17) is 10.5 Å². The Morgan fingerprint density at radius 2 is 1.74 bits per heavy atom. The SMILES string of the molecule is CNC(c1cc(C)c(OC)c(C)c1)C(CN)C(C)C. The van der Waals surface area contributed by atoms with E-state index in [9.17, 15) is 0 Å². The molecule has 0 heterocycles. The summed E-state index contributed by atoms with van der Waals surface area (Å²) in [5, 5.41) is 3.42. The van der Waals surface area contributed by atoms with Gasteiger partial charge in [0.25, 0.3) is 0 Å². The van der Waals surface area contributed by atoms with Crippen molar-refractivity contribution >= 4 is 0 Å². The molecule has 108 valence electrons. The second-order valence-corrected chi connectivity index (χ2v) is 5.60. The number of aryl methyl sites for hydroxylation is 2. The number of nitrogens with two attached hydrogens (primary N) is 1. The molecular weight excluding hydrogens is 236 g/mol. The fourth-order valence-corrected chi connectivity index (χ4v) is 2.91. The van der Waals surface area contributed by atoms with E-state index in [1.807, 2.05) is 7.05 Å². The standard InChI is InChI=1S/C16H28N2O/c1-10(2)14(9-17)15(18-5)13-7-11(3)16(19-6)12(4)8-13/h7-8,10,14-15,18H,9,17H2,1-6H3. The molecule has 0 fully saturated rings. The normalized spacial score (nSPS) is 14.5. The number of rotatable bonds is 6. The molecule has 1 aromatic carbocycles. The molecule has 3 nitrogen and oxygen atoms in total. The van der Waals surface area contributed by atoms with Crippen LogP contribution in [0.25, 0.3) is 0 Å². The van der Waals surface area contributed by atoms with Crippen LogP contribution in [-0.2, 0) is 0 Å². The third kappa shape index (κ3) is 3.48. The van der Waals surface area contributed by atoms with Crippen LogP contribution >= 0.6 is 0 Å². The van der Waals surface area contributed by atoms with E-state index < -0.39 is 0 Å². The average molecular weight is 264 g/mol. The van der Waals surface area contributed by atoms with Crippen molar-refractivity contribution in [2.75, 3.05) is 20.7 Å². The number of hydrogen-bond donors (Lipinski definition) is 2. The van der Waals surface area contributed by atoms with Gasteiger partial charge in [-0.2, -0.15) is 0 Å². The van der Waals surface area contributed by atoms with E-state index in [0.29, 0.717) is 18.4 Å². The summed E-state index contributed by atoms with van der Waals surface area (Å²) >= 11 is 0. The Morgan fingerprint density at radius 3 is 2.05 bits per heavy atom. The molecule has 0 aliphatic heterocycles. The summed E-state index contributed by atoms with van der Waals surface area (Å²) in [4.78, 5) is 0. The first-order chi connectivity index (χ1) is 8.96. The van der Waals surface area contributed by atoms with Crippen LogP contribution in [0.3, 0.4) is 0 Å². The Hall–Kier alpha value is -1.06. The lowest BCUT2D eigenvalue weighted by Gasteiger charge is -2.30. The molecule has 0 aromatic heterocycles. The molecule has 1 aromatic rings. The first kappa shape index (κ1) is 16.0. The lowest BCUT2D eigenvalue weighted by molar-refractivity contribution is 0.298. The lowest BCUT2D eigenvalue weighted by Crippen LogP contribution is -2.34. The molecule has 0 saturated carbocycles. The van der Waals surface area contributed by atoms with Gasteiger partial charge in [0, 0.05) is 6.04 Å². The summed E-state index contributed by atoms with van der Waals surface area (Å²) in [6.45, 7) is 9.33. The molecule has 0 radical (unpaired) electrons. The van der Waals surface area contributed by atoms with Gasteiger partial charge < -0.3 is 15.8 Å². The fraction of sp³-hybridized carbons (Fsp3) is 0.625. The molecule has 19 heavy (non-hydrogen) atoms. The molecule has 0 bridgehead atoms. The van der Waals surface area contributed by atoms with E-state index in [0.717, 1.165) is 5.75 Å². The summed E-state index contributed by atoms with van der Waals surface area (Å²) in [5.41, 5.74) is 9.61. The van der Waals surface area contributed by atoms with E-state index in [1.54, 1.807) is 7.11 Å². The van der Waals surface area contributed by atoms with Gasteiger partial charge in [0.15, 0.2) is 0 Å². The minimum atomic E-state index is 0.285. The highest BCUT2D eigenvalue weighted by molar-refractivity contribution is 5.44. The molecule has 3 heteroatoms. The van der Waals surface area contributed by atoms with Crippen molar-refractivity contribution in [2.45, 2.75) is 33.7 Å². The Bertz CT molecular complexity index is 392. The van der Waals surface area contributed by atoms with Crippen LogP contribution in [0.1, 0.15) is 36.6 Å². The van der Waals surface area contributed by atoms with Crippen LogP contribution in [-0.4, -0.2) is 20.7 Å². The zero-order valence-electron chi connectivity index (χ0n) is 13.1. The van der Waals surface area contributed by atoms with Gasteiger partial charge in [-0.25, -0.2) is 0 Å². The Morgan fingerprint density at radius 1 is 1.21 bits per heavy atom. The third-order valence-corrected chi connectivity index (χ3v) is 3.91.